The van der Waals surface area contributed by atoms with Gasteiger partial charge in [-0.1, -0.05) is 18.5 Å². The molecule has 2 aromatic rings. The zero-order valence-corrected chi connectivity index (χ0v) is 17.7. The number of carbonyl (C=O) groups excluding carboxylic acids is 1. The lowest BCUT2D eigenvalue weighted by molar-refractivity contribution is 0.103. The minimum absolute atomic E-state index is 0.0194. The molecule has 1 saturated heterocycles. The molecule has 1 fully saturated rings. The fraction of sp³-hybridized carbons (Fsp3) is 0.474. The molecule has 0 bridgehead atoms. The number of nitrogens with zero attached hydrogens (tertiary/aromatic N) is 2. The fourth-order valence-corrected chi connectivity index (χ4v) is 4.82. The second-order valence-corrected chi connectivity index (χ2v) is 9.64. The highest BCUT2D eigenvalue weighted by atomic mass is 35.5. The Morgan fingerprint density at radius 2 is 1.89 bits per heavy atom. The van der Waals surface area contributed by atoms with Crippen molar-refractivity contribution in [1.82, 2.24) is 9.78 Å². The predicted molar refractivity (Wildman–Crippen MR) is 109 cm³/mol. The van der Waals surface area contributed by atoms with Crippen LogP contribution in [0, 0.1) is 5.92 Å². The number of hydrogen-bond donors (Lipinski definition) is 1. The molecule has 1 aliphatic heterocycles. The molecule has 0 spiro atoms. The maximum Gasteiger partial charge on any atom is 0.277 e. The third-order valence-corrected chi connectivity index (χ3v) is 6.74. The van der Waals surface area contributed by atoms with Crippen molar-refractivity contribution in [2.45, 2.75) is 38.1 Å². The highest BCUT2D eigenvalue weighted by Gasteiger charge is 2.29. The molecule has 1 aliphatic rings. The molecule has 28 heavy (non-hydrogen) atoms. The summed E-state index contributed by atoms with van der Waals surface area (Å²) in [6.45, 7) is 5.67. The average molecular weight is 426 g/mol. The molecule has 0 unspecified atom stereocenters. The van der Waals surface area contributed by atoms with Gasteiger partial charge in [0.2, 0.25) is 5.78 Å². The summed E-state index contributed by atoms with van der Waals surface area (Å²) in [4.78, 5) is 27.3. The predicted octanol–water partition coefficient (Wildman–Crippen LogP) is 2.72. The number of anilines is 1. The van der Waals surface area contributed by atoms with Crippen molar-refractivity contribution in [3.8, 4) is 0 Å². The van der Waals surface area contributed by atoms with E-state index in [0.717, 1.165) is 19.1 Å². The van der Waals surface area contributed by atoms with Crippen LogP contribution in [-0.4, -0.2) is 43.3 Å². The van der Waals surface area contributed by atoms with E-state index in [9.17, 15) is 18.0 Å². The van der Waals surface area contributed by atoms with Gasteiger partial charge in [-0.15, -0.1) is 0 Å². The number of carbonyl (C=O) groups is 1. The van der Waals surface area contributed by atoms with Gasteiger partial charge in [0.15, 0.2) is 9.84 Å². The Labute approximate surface area is 169 Å². The number of aromatic nitrogens is 2. The molecule has 9 heteroatoms. The van der Waals surface area contributed by atoms with Crippen LogP contribution in [0.15, 0.2) is 28.0 Å². The highest BCUT2D eigenvalue weighted by Crippen LogP contribution is 2.38. The van der Waals surface area contributed by atoms with Crippen LogP contribution in [0.1, 0.15) is 42.6 Å². The van der Waals surface area contributed by atoms with Crippen molar-refractivity contribution >= 4 is 32.9 Å². The number of hydrogen-bond acceptors (Lipinski definition) is 5. The van der Waals surface area contributed by atoms with E-state index in [4.69, 9.17) is 11.6 Å². The Morgan fingerprint density at radius 3 is 2.43 bits per heavy atom. The molecular formula is C19H24ClN3O4S. The highest BCUT2D eigenvalue weighted by molar-refractivity contribution is 7.90. The number of ketones is 1. The van der Waals surface area contributed by atoms with Crippen LogP contribution in [0.3, 0.4) is 0 Å². The number of sulfone groups is 1. The van der Waals surface area contributed by atoms with E-state index in [1.54, 1.807) is 6.92 Å². The minimum Gasteiger partial charge on any atom is -0.369 e. The lowest BCUT2D eigenvalue weighted by atomic mass is 9.98. The number of aryl methyl sites for hydroxylation is 1. The monoisotopic (exact) mass is 425 g/mol. The van der Waals surface area contributed by atoms with E-state index >= 15 is 0 Å². The Bertz CT molecular complexity index is 1060. The van der Waals surface area contributed by atoms with E-state index in [0.29, 0.717) is 31.2 Å². The maximum absolute atomic E-state index is 13.0. The standard InChI is InChI=1S/C19H24ClN3O4S/c1-4-23-19(25)14(11-21-23)18(24)13-5-6-15(28(3,26)27)17(16(13)20)22-9-7-12(2)8-10-22/h5-6,11-12,21H,4,7-10H2,1-3H3. The van der Waals surface area contributed by atoms with Crippen molar-refractivity contribution in [2.24, 2.45) is 5.92 Å². The molecule has 0 saturated carbocycles. The van der Waals surface area contributed by atoms with Gasteiger partial charge in [-0.25, -0.2) is 8.42 Å². The average Bonchev–Trinajstić information content (AvgIpc) is 3.01. The number of benzene rings is 1. The van der Waals surface area contributed by atoms with E-state index < -0.39 is 21.2 Å². The Balaban J connectivity index is 2.13. The molecule has 0 radical (unpaired) electrons. The van der Waals surface area contributed by atoms with Gasteiger partial charge in [0.1, 0.15) is 5.56 Å². The van der Waals surface area contributed by atoms with Gasteiger partial charge in [0, 0.05) is 37.7 Å². The first kappa shape index (κ1) is 20.7. The Hall–Kier alpha value is -2.06. The van der Waals surface area contributed by atoms with Gasteiger partial charge in [-0.2, -0.15) is 0 Å². The fourth-order valence-electron chi connectivity index (χ4n) is 3.50. The van der Waals surface area contributed by atoms with Crippen LogP contribution >= 0.6 is 11.6 Å². The molecule has 1 aromatic carbocycles. The number of rotatable bonds is 5. The number of piperidine rings is 1. The minimum atomic E-state index is -3.54. The largest absolute Gasteiger partial charge is 0.369 e. The van der Waals surface area contributed by atoms with Gasteiger partial charge in [0.25, 0.3) is 5.56 Å². The summed E-state index contributed by atoms with van der Waals surface area (Å²) >= 11 is 6.58. The molecule has 0 aliphatic carbocycles. The molecule has 152 valence electrons. The van der Waals surface area contributed by atoms with Crippen LogP contribution in [0.2, 0.25) is 5.02 Å². The van der Waals surface area contributed by atoms with Crippen LogP contribution in [0.4, 0.5) is 5.69 Å². The van der Waals surface area contributed by atoms with Crippen LogP contribution in [-0.2, 0) is 16.4 Å². The normalized spacial score (nSPS) is 15.8. The van der Waals surface area contributed by atoms with E-state index in [2.05, 4.69) is 12.0 Å². The first-order valence-electron chi connectivity index (χ1n) is 9.25. The lowest BCUT2D eigenvalue weighted by Gasteiger charge is -2.34. The molecule has 1 N–H and O–H groups in total. The smallest absolute Gasteiger partial charge is 0.277 e. The second kappa shape index (κ2) is 7.75. The first-order valence-corrected chi connectivity index (χ1v) is 11.5. The third kappa shape index (κ3) is 3.75. The van der Waals surface area contributed by atoms with Crippen molar-refractivity contribution < 1.29 is 13.2 Å². The summed E-state index contributed by atoms with van der Waals surface area (Å²) < 4.78 is 26.0. The second-order valence-electron chi connectivity index (χ2n) is 7.28. The number of halogens is 1. The molecular weight excluding hydrogens is 402 g/mol. The summed E-state index contributed by atoms with van der Waals surface area (Å²) in [7, 11) is -3.54. The number of aromatic amines is 1. The number of nitrogens with one attached hydrogen (secondary N) is 1. The summed E-state index contributed by atoms with van der Waals surface area (Å²) in [5.41, 5.74) is 0.0356. The number of H-pyrrole nitrogens is 1. The topological polar surface area (TPSA) is 92.2 Å². The maximum atomic E-state index is 13.0. The molecule has 1 aromatic heterocycles. The summed E-state index contributed by atoms with van der Waals surface area (Å²) in [6.07, 6.45) is 4.31. The van der Waals surface area contributed by atoms with E-state index in [1.165, 1.54) is 23.0 Å². The van der Waals surface area contributed by atoms with Crippen molar-refractivity contribution in [2.75, 3.05) is 24.2 Å². The lowest BCUT2D eigenvalue weighted by Crippen LogP contribution is -2.34. The van der Waals surface area contributed by atoms with E-state index in [1.807, 2.05) is 4.90 Å². The Kier molecular flexibility index (Phi) is 5.72. The summed E-state index contributed by atoms with van der Waals surface area (Å²) in [5, 5.41) is 2.82. The third-order valence-electron chi connectivity index (χ3n) is 5.22. The molecule has 0 amide bonds. The summed E-state index contributed by atoms with van der Waals surface area (Å²) in [6, 6.07) is 2.80. The van der Waals surface area contributed by atoms with E-state index in [-0.39, 0.29) is 21.0 Å². The molecule has 3 rings (SSSR count). The van der Waals surface area contributed by atoms with Crippen molar-refractivity contribution in [3.63, 3.8) is 0 Å². The van der Waals surface area contributed by atoms with Gasteiger partial charge in [-0.05, 0) is 37.8 Å². The molecule has 0 atom stereocenters. The van der Waals surface area contributed by atoms with Crippen LogP contribution in [0.25, 0.3) is 0 Å². The first-order chi connectivity index (χ1) is 13.1. The quantitative estimate of drug-likeness (QED) is 0.743. The van der Waals surface area contributed by atoms with Crippen molar-refractivity contribution in [1.29, 1.82) is 0 Å². The zero-order valence-electron chi connectivity index (χ0n) is 16.2. The van der Waals surface area contributed by atoms with Crippen molar-refractivity contribution in [3.05, 3.63) is 44.8 Å². The van der Waals surface area contributed by atoms with Gasteiger partial charge >= 0.3 is 0 Å². The van der Waals surface area contributed by atoms with Gasteiger partial charge in [-0.3, -0.25) is 14.3 Å². The van der Waals surface area contributed by atoms with Crippen LogP contribution in [0.5, 0.6) is 0 Å². The van der Waals surface area contributed by atoms with Gasteiger partial charge < -0.3 is 10.00 Å². The SMILES string of the molecule is CCn1[nH]cc(C(=O)c2ccc(S(C)(=O)=O)c(N3CCC(C)CC3)c2Cl)c1=O. The molecule has 2 heterocycles. The zero-order chi connectivity index (χ0) is 20.6. The van der Waals surface area contributed by atoms with Crippen LogP contribution < -0.4 is 10.5 Å². The summed E-state index contributed by atoms with van der Waals surface area (Å²) in [5.74, 6) is 0.0269. The van der Waals surface area contributed by atoms with Gasteiger partial charge in [0.05, 0.1) is 15.6 Å². The Morgan fingerprint density at radius 1 is 1.25 bits per heavy atom. The molecule has 7 nitrogen and oxygen atoms in total.